The summed E-state index contributed by atoms with van der Waals surface area (Å²) in [5, 5.41) is 5.25. The van der Waals surface area contributed by atoms with Crippen LogP contribution >= 0.6 is 0 Å². The second-order valence-corrected chi connectivity index (χ2v) is 6.00. The number of hydrogen-bond acceptors (Lipinski definition) is 1. The largest absolute Gasteiger partial charge is 0.355 e. The van der Waals surface area contributed by atoms with Gasteiger partial charge in [-0.1, -0.05) is 18.2 Å². The number of carbonyl (C=O) groups excluding carboxylic acids is 1. The molecule has 1 amide bonds. The minimum Gasteiger partial charge on any atom is -0.355 e. The molecule has 1 heterocycles. The third kappa shape index (κ3) is 2.97. The van der Waals surface area contributed by atoms with Crippen LogP contribution in [0.25, 0.3) is 21.8 Å². The maximum Gasteiger partial charge on any atom is 0.251 e. The lowest BCUT2D eigenvalue weighted by Crippen LogP contribution is -3.05. The Bertz CT molecular complexity index is 804. The van der Waals surface area contributed by atoms with Gasteiger partial charge in [0.1, 0.15) is 0 Å². The van der Waals surface area contributed by atoms with Crippen molar-refractivity contribution < 1.29 is 9.69 Å². The van der Waals surface area contributed by atoms with Gasteiger partial charge < -0.3 is 15.2 Å². The van der Waals surface area contributed by atoms with Crippen molar-refractivity contribution in [3.63, 3.8) is 0 Å². The number of fused-ring (bicyclic) bond motifs is 3. The molecule has 3 rings (SSSR count). The third-order valence-corrected chi connectivity index (χ3v) is 3.91. The molecule has 0 saturated heterocycles. The highest BCUT2D eigenvalue weighted by atomic mass is 16.1. The molecular weight excluding hydrogens is 274 g/mol. The molecule has 0 fully saturated rings. The van der Waals surface area contributed by atoms with Crippen molar-refractivity contribution >= 4 is 27.7 Å². The maximum absolute atomic E-state index is 12.3. The van der Waals surface area contributed by atoms with Crippen LogP contribution in [-0.2, 0) is 0 Å². The van der Waals surface area contributed by atoms with Crippen LogP contribution < -0.4 is 10.2 Å². The Kier molecular flexibility index (Phi) is 4.11. The van der Waals surface area contributed by atoms with E-state index in [-0.39, 0.29) is 5.91 Å². The molecule has 0 atom stereocenters. The first-order valence-electron chi connectivity index (χ1n) is 7.73. The SMILES string of the molecule is C[NH+](C)CCCNC(=O)c1ccc2[nH]c3ccccc3c2c1. The van der Waals surface area contributed by atoms with E-state index in [0.717, 1.165) is 46.9 Å². The summed E-state index contributed by atoms with van der Waals surface area (Å²) < 4.78 is 0. The molecule has 0 spiro atoms. The molecular formula is C18H22N3O+. The average molecular weight is 296 g/mol. The molecule has 4 nitrogen and oxygen atoms in total. The van der Waals surface area contributed by atoms with E-state index in [2.05, 4.69) is 36.5 Å². The van der Waals surface area contributed by atoms with Crippen molar-refractivity contribution in [3.05, 3.63) is 48.0 Å². The number of aromatic amines is 1. The third-order valence-electron chi connectivity index (χ3n) is 3.91. The monoisotopic (exact) mass is 296 g/mol. The molecule has 3 aromatic rings. The summed E-state index contributed by atoms with van der Waals surface area (Å²) in [5.41, 5.74) is 2.88. The van der Waals surface area contributed by atoms with Crippen LogP contribution in [0.4, 0.5) is 0 Å². The van der Waals surface area contributed by atoms with Gasteiger partial charge in [0.15, 0.2) is 0 Å². The number of carbonyl (C=O) groups is 1. The second kappa shape index (κ2) is 6.20. The minimum atomic E-state index is 0.000868. The van der Waals surface area contributed by atoms with Crippen molar-refractivity contribution in [2.75, 3.05) is 27.2 Å². The molecule has 1 aromatic heterocycles. The van der Waals surface area contributed by atoms with E-state index in [1.165, 1.54) is 4.90 Å². The van der Waals surface area contributed by atoms with Gasteiger partial charge in [0.2, 0.25) is 0 Å². The zero-order valence-corrected chi connectivity index (χ0v) is 13.1. The molecule has 22 heavy (non-hydrogen) atoms. The van der Waals surface area contributed by atoms with Crippen LogP contribution in [0.1, 0.15) is 16.8 Å². The molecule has 114 valence electrons. The van der Waals surface area contributed by atoms with Gasteiger partial charge in [-0.25, -0.2) is 0 Å². The van der Waals surface area contributed by atoms with Crippen LogP contribution in [0.15, 0.2) is 42.5 Å². The predicted molar refractivity (Wildman–Crippen MR) is 90.4 cm³/mol. The first-order valence-corrected chi connectivity index (χ1v) is 7.73. The molecule has 0 radical (unpaired) electrons. The fourth-order valence-corrected chi connectivity index (χ4v) is 2.74. The summed E-state index contributed by atoms with van der Waals surface area (Å²) in [5.74, 6) is 0.000868. The van der Waals surface area contributed by atoms with Crippen LogP contribution in [0.2, 0.25) is 0 Å². The smallest absolute Gasteiger partial charge is 0.251 e. The van der Waals surface area contributed by atoms with E-state index in [4.69, 9.17) is 0 Å². The lowest BCUT2D eigenvalue weighted by Gasteiger charge is -2.08. The van der Waals surface area contributed by atoms with Gasteiger partial charge in [0.05, 0.1) is 20.6 Å². The molecule has 0 aliphatic rings. The summed E-state index contributed by atoms with van der Waals surface area (Å²) in [6, 6.07) is 14.0. The van der Waals surface area contributed by atoms with E-state index < -0.39 is 0 Å². The molecule has 0 bridgehead atoms. The van der Waals surface area contributed by atoms with Gasteiger partial charge in [0.25, 0.3) is 5.91 Å². The predicted octanol–water partition coefficient (Wildman–Crippen LogP) is 1.59. The van der Waals surface area contributed by atoms with Gasteiger partial charge in [0, 0.05) is 40.3 Å². The first kappa shape index (κ1) is 14.6. The summed E-state index contributed by atoms with van der Waals surface area (Å²) in [6.07, 6.45) is 0.989. The van der Waals surface area contributed by atoms with Crippen molar-refractivity contribution in [1.82, 2.24) is 10.3 Å². The average Bonchev–Trinajstić information content (AvgIpc) is 2.89. The highest BCUT2D eigenvalue weighted by Gasteiger charge is 2.09. The van der Waals surface area contributed by atoms with E-state index in [9.17, 15) is 4.79 Å². The molecule has 0 aliphatic heterocycles. The minimum absolute atomic E-state index is 0.000868. The topological polar surface area (TPSA) is 49.3 Å². The van der Waals surface area contributed by atoms with E-state index in [1.807, 2.05) is 30.3 Å². The summed E-state index contributed by atoms with van der Waals surface area (Å²) in [4.78, 5) is 17.0. The Labute approximate surface area is 130 Å². The normalized spacial score (nSPS) is 11.4. The number of benzene rings is 2. The first-order chi connectivity index (χ1) is 10.6. The van der Waals surface area contributed by atoms with Crippen molar-refractivity contribution in [2.45, 2.75) is 6.42 Å². The quantitative estimate of drug-likeness (QED) is 0.615. The van der Waals surface area contributed by atoms with E-state index in [0.29, 0.717) is 0 Å². The Balaban J connectivity index is 1.79. The lowest BCUT2D eigenvalue weighted by atomic mass is 10.1. The highest BCUT2D eigenvalue weighted by Crippen LogP contribution is 2.25. The number of para-hydroxylation sites is 1. The summed E-state index contributed by atoms with van der Waals surface area (Å²) >= 11 is 0. The van der Waals surface area contributed by atoms with Crippen LogP contribution in [0.5, 0.6) is 0 Å². The summed E-state index contributed by atoms with van der Waals surface area (Å²) in [7, 11) is 4.24. The second-order valence-electron chi connectivity index (χ2n) is 6.00. The number of nitrogens with one attached hydrogen (secondary N) is 3. The zero-order chi connectivity index (χ0) is 15.5. The standard InChI is InChI=1S/C18H21N3O/c1-21(2)11-5-10-19-18(22)13-8-9-17-15(12-13)14-6-3-4-7-16(14)20-17/h3-4,6-9,12,20H,5,10-11H2,1-2H3,(H,19,22)/p+1. The van der Waals surface area contributed by atoms with E-state index in [1.54, 1.807) is 0 Å². The Morgan fingerprint density at radius 3 is 2.68 bits per heavy atom. The van der Waals surface area contributed by atoms with Crippen molar-refractivity contribution in [1.29, 1.82) is 0 Å². The lowest BCUT2D eigenvalue weighted by molar-refractivity contribution is -0.858. The Morgan fingerprint density at radius 1 is 1.09 bits per heavy atom. The van der Waals surface area contributed by atoms with Gasteiger partial charge in [-0.05, 0) is 24.3 Å². The molecule has 4 heteroatoms. The molecule has 2 aromatic carbocycles. The van der Waals surface area contributed by atoms with E-state index >= 15 is 0 Å². The highest BCUT2D eigenvalue weighted by molar-refractivity contribution is 6.09. The van der Waals surface area contributed by atoms with Gasteiger partial charge in [-0.3, -0.25) is 4.79 Å². The number of hydrogen-bond donors (Lipinski definition) is 3. The van der Waals surface area contributed by atoms with Crippen LogP contribution in [0.3, 0.4) is 0 Å². The molecule has 3 N–H and O–H groups in total. The molecule has 0 unspecified atom stereocenters. The van der Waals surface area contributed by atoms with Gasteiger partial charge in [-0.15, -0.1) is 0 Å². The number of H-pyrrole nitrogens is 1. The molecule has 0 saturated carbocycles. The fourth-order valence-electron chi connectivity index (χ4n) is 2.74. The number of aromatic nitrogens is 1. The maximum atomic E-state index is 12.3. The fraction of sp³-hybridized carbons (Fsp3) is 0.278. The summed E-state index contributed by atoms with van der Waals surface area (Å²) in [6.45, 7) is 1.78. The van der Waals surface area contributed by atoms with Crippen LogP contribution in [-0.4, -0.2) is 38.1 Å². The number of quaternary nitrogens is 1. The molecule has 0 aliphatic carbocycles. The Hall–Kier alpha value is -2.33. The van der Waals surface area contributed by atoms with Crippen LogP contribution in [0, 0.1) is 0 Å². The van der Waals surface area contributed by atoms with Crippen molar-refractivity contribution in [2.24, 2.45) is 0 Å². The zero-order valence-electron chi connectivity index (χ0n) is 13.1. The number of rotatable bonds is 5. The van der Waals surface area contributed by atoms with Gasteiger partial charge in [-0.2, -0.15) is 0 Å². The van der Waals surface area contributed by atoms with Crippen molar-refractivity contribution in [3.8, 4) is 0 Å². The number of amides is 1. The Morgan fingerprint density at radius 2 is 1.86 bits per heavy atom. The van der Waals surface area contributed by atoms with Gasteiger partial charge >= 0.3 is 0 Å².